The van der Waals surface area contributed by atoms with Crippen LogP contribution in [0.25, 0.3) is 0 Å². The summed E-state index contributed by atoms with van der Waals surface area (Å²) in [7, 11) is 0. The van der Waals surface area contributed by atoms with Crippen LogP contribution in [0.1, 0.15) is 45.2 Å². The Morgan fingerprint density at radius 2 is 2.00 bits per heavy atom. The van der Waals surface area contributed by atoms with Crippen molar-refractivity contribution in [2.45, 2.75) is 52.2 Å². The molecule has 0 spiro atoms. The highest BCUT2D eigenvalue weighted by Gasteiger charge is 2.36. The van der Waals surface area contributed by atoms with E-state index < -0.39 is 5.60 Å². The van der Waals surface area contributed by atoms with Crippen LogP contribution in [0.15, 0.2) is 29.3 Å². The molecule has 0 bridgehead atoms. The average Bonchev–Trinajstić information content (AvgIpc) is 2.83. The molecule has 0 amide bonds. The van der Waals surface area contributed by atoms with Crippen LogP contribution in [0.5, 0.6) is 0 Å². The molecule has 1 aliphatic rings. The minimum atomic E-state index is -0.833. The van der Waals surface area contributed by atoms with Crippen molar-refractivity contribution in [2.75, 3.05) is 13.1 Å². The van der Waals surface area contributed by atoms with Crippen molar-refractivity contribution in [3.05, 3.63) is 35.4 Å². The van der Waals surface area contributed by atoms with Crippen molar-refractivity contribution < 1.29 is 5.11 Å². The van der Waals surface area contributed by atoms with Crippen LogP contribution in [0, 0.1) is 5.92 Å². The molecule has 1 aromatic carbocycles. The maximum absolute atomic E-state index is 10.9. The van der Waals surface area contributed by atoms with E-state index in [4.69, 9.17) is 0 Å². The van der Waals surface area contributed by atoms with Gasteiger partial charge in [0.25, 0.3) is 0 Å². The van der Waals surface area contributed by atoms with E-state index >= 15 is 0 Å². The van der Waals surface area contributed by atoms with Gasteiger partial charge in [0.1, 0.15) is 5.60 Å². The first-order valence-corrected chi connectivity index (χ1v) is 8.32. The zero-order valence-electron chi connectivity index (χ0n) is 14.6. The van der Waals surface area contributed by atoms with Crippen molar-refractivity contribution >= 4 is 29.9 Å². The molecule has 0 radical (unpaired) electrons. The van der Waals surface area contributed by atoms with Gasteiger partial charge in [-0.25, -0.2) is 4.99 Å². The molecule has 130 valence electrons. The summed E-state index contributed by atoms with van der Waals surface area (Å²) in [4.78, 5) is 4.63. The number of aliphatic imine (C=N–C) groups is 1. The second kappa shape index (κ2) is 8.87. The number of hydrogen-bond acceptors (Lipinski definition) is 2. The van der Waals surface area contributed by atoms with E-state index in [9.17, 15) is 5.11 Å². The van der Waals surface area contributed by atoms with E-state index in [1.165, 1.54) is 5.56 Å². The highest BCUT2D eigenvalue weighted by molar-refractivity contribution is 14.0. The minimum absolute atomic E-state index is 0. The van der Waals surface area contributed by atoms with Gasteiger partial charge < -0.3 is 15.7 Å². The highest BCUT2D eigenvalue weighted by atomic mass is 127. The highest BCUT2D eigenvalue weighted by Crippen LogP contribution is 2.36. The number of guanidine groups is 1. The van der Waals surface area contributed by atoms with Crippen LogP contribution in [0.4, 0.5) is 0 Å². The third-order valence-corrected chi connectivity index (χ3v) is 4.53. The number of nitrogens with one attached hydrogen (secondary N) is 2. The summed E-state index contributed by atoms with van der Waals surface area (Å²) in [6.07, 6.45) is 1.67. The van der Waals surface area contributed by atoms with Crippen molar-refractivity contribution in [2.24, 2.45) is 10.9 Å². The number of aryl methyl sites for hydroxylation is 1. The topological polar surface area (TPSA) is 56.7 Å². The molecular weight excluding hydrogens is 401 g/mol. The SMILES string of the molecule is CCNC(=NCC1(O)CCc2ccccc21)NC(C)C(C)C.I. The lowest BCUT2D eigenvalue weighted by molar-refractivity contribution is 0.0485. The Morgan fingerprint density at radius 1 is 1.30 bits per heavy atom. The molecule has 2 atom stereocenters. The van der Waals surface area contributed by atoms with E-state index in [0.29, 0.717) is 18.5 Å². The Morgan fingerprint density at radius 3 is 2.65 bits per heavy atom. The molecule has 0 aromatic heterocycles. The number of hydrogen-bond donors (Lipinski definition) is 3. The van der Waals surface area contributed by atoms with Gasteiger partial charge in [0.05, 0.1) is 6.54 Å². The smallest absolute Gasteiger partial charge is 0.191 e. The lowest BCUT2D eigenvalue weighted by atomic mass is 9.96. The van der Waals surface area contributed by atoms with Gasteiger partial charge in [-0.05, 0) is 43.7 Å². The van der Waals surface area contributed by atoms with E-state index in [1.807, 2.05) is 18.2 Å². The van der Waals surface area contributed by atoms with Gasteiger partial charge in [-0.3, -0.25) is 0 Å². The van der Waals surface area contributed by atoms with E-state index in [2.05, 4.69) is 49.4 Å². The number of aliphatic hydroxyl groups is 1. The number of halogens is 1. The number of nitrogens with zero attached hydrogens (tertiary/aromatic N) is 1. The van der Waals surface area contributed by atoms with Crippen LogP contribution in [0.3, 0.4) is 0 Å². The van der Waals surface area contributed by atoms with Crippen molar-refractivity contribution in [3.63, 3.8) is 0 Å². The standard InChI is InChI=1S/C18H29N3O.HI/c1-5-19-17(21-14(4)13(2)3)20-12-18(22)11-10-15-8-6-7-9-16(15)18;/h6-9,13-14,22H,5,10-12H2,1-4H3,(H2,19,20,21);1H. The third kappa shape index (κ3) is 5.08. The minimum Gasteiger partial charge on any atom is -0.383 e. The molecule has 1 aromatic rings. The molecule has 3 N–H and O–H groups in total. The molecule has 23 heavy (non-hydrogen) atoms. The lowest BCUT2D eigenvalue weighted by Gasteiger charge is -2.24. The second-order valence-corrected chi connectivity index (χ2v) is 6.56. The first kappa shape index (κ1) is 20.2. The van der Waals surface area contributed by atoms with Gasteiger partial charge in [-0.1, -0.05) is 38.1 Å². The summed E-state index contributed by atoms with van der Waals surface area (Å²) in [5.74, 6) is 1.31. The Kier molecular flexibility index (Phi) is 7.80. The molecule has 0 fully saturated rings. The molecule has 0 aliphatic heterocycles. The monoisotopic (exact) mass is 431 g/mol. The summed E-state index contributed by atoms with van der Waals surface area (Å²) < 4.78 is 0. The number of fused-ring (bicyclic) bond motifs is 1. The lowest BCUT2D eigenvalue weighted by Crippen LogP contribution is -2.45. The Labute approximate surface area is 157 Å². The predicted octanol–water partition coefficient (Wildman–Crippen LogP) is 3.04. The summed E-state index contributed by atoms with van der Waals surface area (Å²) in [6, 6.07) is 8.48. The molecule has 2 rings (SSSR count). The zero-order valence-corrected chi connectivity index (χ0v) is 16.9. The van der Waals surface area contributed by atoms with E-state index in [1.54, 1.807) is 0 Å². The first-order valence-electron chi connectivity index (χ1n) is 8.32. The fraction of sp³-hybridized carbons (Fsp3) is 0.611. The van der Waals surface area contributed by atoms with Gasteiger partial charge in [0, 0.05) is 12.6 Å². The zero-order chi connectivity index (χ0) is 16.2. The van der Waals surface area contributed by atoms with E-state index in [0.717, 1.165) is 30.9 Å². The van der Waals surface area contributed by atoms with Gasteiger partial charge in [-0.2, -0.15) is 0 Å². The number of benzene rings is 1. The van der Waals surface area contributed by atoms with Gasteiger partial charge in [0.2, 0.25) is 0 Å². The van der Waals surface area contributed by atoms with Gasteiger partial charge in [-0.15, -0.1) is 24.0 Å². The van der Waals surface area contributed by atoms with Crippen molar-refractivity contribution in [3.8, 4) is 0 Å². The molecule has 0 heterocycles. The number of rotatable bonds is 5. The fourth-order valence-corrected chi connectivity index (χ4v) is 2.74. The molecule has 1 aliphatic carbocycles. The van der Waals surface area contributed by atoms with Crippen LogP contribution >= 0.6 is 24.0 Å². The maximum atomic E-state index is 10.9. The summed E-state index contributed by atoms with van der Waals surface area (Å²) in [5.41, 5.74) is 1.44. The molecular formula is C18H30IN3O. The molecule has 4 nitrogen and oxygen atoms in total. The average molecular weight is 431 g/mol. The fourth-order valence-electron chi connectivity index (χ4n) is 2.74. The summed E-state index contributed by atoms with van der Waals surface area (Å²) in [5, 5.41) is 17.6. The third-order valence-electron chi connectivity index (χ3n) is 4.53. The van der Waals surface area contributed by atoms with Gasteiger partial charge in [0.15, 0.2) is 5.96 Å². The van der Waals surface area contributed by atoms with Crippen LogP contribution < -0.4 is 10.6 Å². The van der Waals surface area contributed by atoms with Crippen LogP contribution in [0.2, 0.25) is 0 Å². The largest absolute Gasteiger partial charge is 0.383 e. The van der Waals surface area contributed by atoms with Crippen LogP contribution in [-0.4, -0.2) is 30.2 Å². The maximum Gasteiger partial charge on any atom is 0.191 e. The molecule has 2 unspecified atom stereocenters. The summed E-state index contributed by atoms with van der Waals surface area (Å²) >= 11 is 0. The van der Waals surface area contributed by atoms with Crippen molar-refractivity contribution in [1.29, 1.82) is 0 Å². The first-order chi connectivity index (χ1) is 10.5. The normalized spacial score (nSPS) is 21.6. The summed E-state index contributed by atoms with van der Waals surface area (Å²) in [6.45, 7) is 9.77. The molecule has 5 heteroatoms. The molecule has 0 saturated carbocycles. The quantitative estimate of drug-likeness (QED) is 0.382. The Balaban J connectivity index is 0.00000264. The van der Waals surface area contributed by atoms with Crippen molar-refractivity contribution in [1.82, 2.24) is 10.6 Å². The van der Waals surface area contributed by atoms with E-state index in [-0.39, 0.29) is 24.0 Å². The predicted molar refractivity (Wildman–Crippen MR) is 107 cm³/mol. The Bertz CT molecular complexity index is 533. The molecule has 0 saturated heterocycles. The van der Waals surface area contributed by atoms with Crippen LogP contribution in [-0.2, 0) is 12.0 Å². The second-order valence-electron chi connectivity index (χ2n) is 6.56. The Hall–Kier alpha value is -0.820. The van der Waals surface area contributed by atoms with Gasteiger partial charge >= 0.3 is 0 Å².